The van der Waals surface area contributed by atoms with Gasteiger partial charge in [-0.15, -0.1) is 0 Å². The SMILES string of the molecule is O=C(c1ccccc1F)N(Cc1ccccc1)Cc1cccn1Cc1ccccc1. The van der Waals surface area contributed by atoms with Gasteiger partial charge in [0.15, 0.2) is 0 Å². The molecule has 1 amide bonds. The van der Waals surface area contributed by atoms with E-state index in [-0.39, 0.29) is 11.5 Å². The van der Waals surface area contributed by atoms with E-state index in [0.29, 0.717) is 13.1 Å². The molecule has 4 aromatic rings. The number of amides is 1. The maximum Gasteiger partial charge on any atom is 0.257 e. The molecule has 4 rings (SSSR count). The van der Waals surface area contributed by atoms with Gasteiger partial charge in [0.05, 0.1) is 12.1 Å². The summed E-state index contributed by atoms with van der Waals surface area (Å²) in [5, 5.41) is 0. The molecular weight excluding hydrogens is 375 g/mol. The van der Waals surface area contributed by atoms with Crippen LogP contribution in [0.5, 0.6) is 0 Å². The van der Waals surface area contributed by atoms with E-state index in [9.17, 15) is 9.18 Å². The van der Waals surface area contributed by atoms with Crippen molar-refractivity contribution >= 4 is 5.91 Å². The molecule has 1 heterocycles. The van der Waals surface area contributed by atoms with Crippen LogP contribution < -0.4 is 0 Å². The summed E-state index contributed by atoms with van der Waals surface area (Å²) in [5.41, 5.74) is 3.28. The average Bonchev–Trinajstić information content (AvgIpc) is 3.21. The van der Waals surface area contributed by atoms with Gasteiger partial charge in [0.1, 0.15) is 5.82 Å². The Hall–Kier alpha value is -3.66. The normalized spacial score (nSPS) is 10.7. The number of carbonyl (C=O) groups is 1. The fourth-order valence-electron chi connectivity index (χ4n) is 3.53. The number of halogens is 1. The molecule has 1 aromatic heterocycles. The molecule has 150 valence electrons. The number of nitrogens with zero attached hydrogens (tertiary/aromatic N) is 2. The van der Waals surface area contributed by atoms with Gasteiger partial charge in [-0.3, -0.25) is 4.79 Å². The van der Waals surface area contributed by atoms with Gasteiger partial charge >= 0.3 is 0 Å². The van der Waals surface area contributed by atoms with Crippen LogP contribution >= 0.6 is 0 Å². The topological polar surface area (TPSA) is 25.2 Å². The number of hydrogen-bond acceptors (Lipinski definition) is 1. The first-order valence-corrected chi connectivity index (χ1v) is 9.96. The third-order valence-corrected chi connectivity index (χ3v) is 5.08. The summed E-state index contributed by atoms with van der Waals surface area (Å²) >= 11 is 0. The predicted molar refractivity (Wildman–Crippen MR) is 116 cm³/mol. The summed E-state index contributed by atoms with van der Waals surface area (Å²) in [6.07, 6.45) is 2.01. The summed E-state index contributed by atoms with van der Waals surface area (Å²) in [4.78, 5) is 14.9. The molecule has 3 aromatic carbocycles. The molecule has 0 fully saturated rings. The Morgan fingerprint density at radius 1 is 0.733 bits per heavy atom. The zero-order chi connectivity index (χ0) is 20.8. The van der Waals surface area contributed by atoms with Crippen LogP contribution in [0, 0.1) is 5.82 Å². The van der Waals surface area contributed by atoms with E-state index in [1.54, 1.807) is 23.1 Å². The van der Waals surface area contributed by atoms with Crippen LogP contribution in [0.1, 0.15) is 27.2 Å². The van der Waals surface area contributed by atoms with Crippen molar-refractivity contribution in [2.75, 3.05) is 0 Å². The highest BCUT2D eigenvalue weighted by molar-refractivity contribution is 5.94. The van der Waals surface area contributed by atoms with Crippen molar-refractivity contribution in [1.29, 1.82) is 0 Å². The van der Waals surface area contributed by atoms with Crippen molar-refractivity contribution in [2.24, 2.45) is 0 Å². The molecule has 0 saturated carbocycles. The fraction of sp³-hybridized carbons (Fsp3) is 0.115. The highest BCUT2D eigenvalue weighted by Gasteiger charge is 2.20. The second-order valence-corrected chi connectivity index (χ2v) is 7.24. The summed E-state index contributed by atoms with van der Waals surface area (Å²) < 4.78 is 16.5. The van der Waals surface area contributed by atoms with E-state index in [2.05, 4.69) is 16.7 Å². The second kappa shape index (κ2) is 9.23. The number of benzene rings is 3. The summed E-state index contributed by atoms with van der Waals surface area (Å²) in [6, 6.07) is 30.1. The van der Waals surface area contributed by atoms with Crippen molar-refractivity contribution < 1.29 is 9.18 Å². The van der Waals surface area contributed by atoms with Crippen LogP contribution in [-0.2, 0) is 19.6 Å². The molecule has 0 saturated heterocycles. The van der Waals surface area contributed by atoms with Crippen LogP contribution in [0.4, 0.5) is 4.39 Å². The highest BCUT2D eigenvalue weighted by Crippen LogP contribution is 2.18. The van der Waals surface area contributed by atoms with E-state index >= 15 is 0 Å². The van der Waals surface area contributed by atoms with Crippen molar-refractivity contribution in [2.45, 2.75) is 19.6 Å². The van der Waals surface area contributed by atoms with E-state index in [0.717, 1.165) is 17.8 Å². The monoisotopic (exact) mass is 398 g/mol. The average molecular weight is 398 g/mol. The second-order valence-electron chi connectivity index (χ2n) is 7.24. The third kappa shape index (κ3) is 4.66. The van der Waals surface area contributed by atoms with Crippen molar-refractivity contribution in [3.8, 4) is 0 Å². The molecule has 3 nitrogen and oxygen atoms in total. The van der Waals surface area contributed by atoms with Crippen molar-refractivity contribution in [3.05, 3.63) is 131 Å². The van der Waals surface area contributed by atoms with Gasteiger partial charge in [0.2, 0.25) is 0 Å². The minimum absolute atomic E-state index is 0.0922. The molecular formula is C26H23FN2O. The zero-order valence-electron chi connectivity index (χ0n) is 16.6. The maximum atomic E-state index is 14.3. The van der Waals surface area contributed by atoms with Crippen molar-refractivity contribution in [3.63, 3.8) is 0 Å². The predicted octanol–water partition coefficient (Wildman–Crippen LogP) is 5.52. The lowest BCUT2D eigenvalue weighted by Gasteiger charge is -2.24. The molecule has 30 heavy (non-hydrogen) atoms. The third-order valence-electron chi connectivity index (χ3n) is 5.08. The van der Waals surface area contributed by atoms with Gasteiger partial charge < -0.3 is 9.47 Å². The first kappa shape index (κ1) is 19.6. The van der Waals surface area contributed by atoms with Gasteiger partial charge in [-0.2, -0.15) is 0 Å². The Morgan fingerprint density at radius 3 is 2.07 bits per heavy atom. The lowest BCUT2D eigenvalue weighted by atomic mass is 10.1. The Balaban J connectivity index is 1.61. The molecule has 0 atom stereocenters. The van der Waals surface area contributed by atoms with Crippen LogP contribution in [0.15, 0.2) is 103 Å². The molecule has 0 spiro atoms. The lowest BCUT2D eigenvalue weighted by Crippen LogP contribution is -2.31. The van der Waals surface area contributed by atoms with Gasteiger partial charge in [0, 0.05) is 25.0 Å². The molecule has 0 bridgehead atoms. The number of aromatic nitrogens is 1. The molecule has 0 aliphatic rings. The quantitative estimate of drug-likeness (QED) is 0.402. The Kier molecular flexibility index (Phi) is 6.04. The molecule has 0 radical (unpaired) electrons. The summed E-state index contributed by atoms with van der Waals surface area (Å²) in [5.74, 6) is -0.815. The van der Waals surface area contributed by atoms with Crippen LogP contribution in [0.3, 0.4) is 0 Å². The van der Waals surface area contributed by atoms with Gasteiger partial charge in [0.25, 0.3) is 5.91 Å². The summed E-state index contributed by atoms with van der Waals surface area (Å²) in [6.45, 7) is 1.52. The van der Waals surface area contributed by atoms with Crippen LogP contribution in [0.2, 0.25) is 0 Å². The van der Waals surface area contributed by atoms with E-state index in [4.69, 9.17) is 0 Å². The van der Waals surface area contributed by atoms with Gasteiger partial charge in [-0.05, 0) is 35.4 Å². The minimum Gasteiger partial charge on any atom is -0.345 e. The van der Waals surface area contributed by atoms with Crippen LogP contribution in [-0.4, -0.2) is 15.4 Å². The minimum atomic E-state index is -0.500. The standard InChI is InChI=1S/C26H23FN2O/c27-25-16-8-7-15-24(25)26(30)29(19-22-12-5-2-6-13-22)20-23-14-9-17-28(23)18-21-10-3-1-4-11-21/h1-17H,18-20H2. The highest BCUT2D eigenvalue weighted by atomic mass is 19.1. The Morgan fingerprint density at radius 2 is 1.37 bits per heavy atom. The van der Waals surface area contributed by atoms with Gasteiger partial charge in [-0.1, -0.05) is 72.8 Å². The molecule has 0 aliphatic carbocycles. The zero-order valence-corrected chi connectivity index (χ0v) is 16.6. The first-order valence-electron chi connectivity index (χ1n) is 9.96. The number of hydrogen-bond donors (Lipinski definition) is 0. The molecule has 0 N–H and O–H groups in total. The fourth-order valence-corrected chi connectivity index (χ4v) is 3.53. The van der Waals surface area contributed by atoms with Crippen molar-refractivity contribution in [1.82, 2.24) is 9.47 Å². The molecule has 0 aliphatic heterocycles. The Bertz CT molecular complexity index is 1110. The first-order chi connectivity index (χ1) is 14.7. The van der Waals surface area contributed by atoms with E-state index < -0.39 is 5.82 Å². The maximum absolute atomic E-state index is 14.3. The van der Waals surface area contributed by atoms with E-state index in [1.165, 1.54) is 11.6 Å². The molecule has 0 unspecified atom stereocenters. The lowest BCUT2D eigenvalue weighted by molar-refractivity contribution is 0.0721. The largest absolute Gasteiger partial charge is 0.345 e. The smallest absolute Gasteiger partial charge is 0.257 e. The number of carbonyl (C=O) groups excluding carboxylic acids is 1. The number of rotatable bonds is 7. The van der Waals surface area contributed by atoms with E-state index in [1.807, 2.05) is 66.9 Å². The van der Waals surface area contributed by atoms with Gasteiger partial charge in [-0.25, -0.2) is 4.39 Å². The summed E-state index contributed by atoms with van der Waals surface area (Å²) in [7, 11) is 0. The molecule has 4 heteroatoms. The Labute approximate surface area is 176 Å². The van der Waals surface area contributed by atoms with Crippen LogP contribution in [0.25, 0.3) is 0 Å².